The molecule has 0 saturated carbocycles. The third-order valence-electron chi connectivity index (χ3n) is 2.60. The van der Waals surface area contributed by atoms with E-state index in [4.69, 9.17) is 5.73 Å². The molecule has 1 aromatic carbocycles. The van der Waals surface area contributed by atoms with E-state index in [2.05, 4.69) is 45.2 Å². The minimum absolute atomic E-state index is 0.627. The number of rotatable bonds is 3. The summed E-state index contributed by atoms with van der Waals surface area (Å²) < 4.78 is 1.08. The summed E-state index contributed by atoms with van der Waals surface area (Å²) in [4.78, 5) is 0. The van der Waals surface area contributed by atoms with Gasteiger partial charge in [-0.15, -0.1) is 0 Å². The van der Waals surface area contributed by atoms with Crippen molar-refractivity contribution in [2.24, 2.45) is 5.73 Å². The second-order valence-corrected chi connectivity index (χ2v) is 4.68. The average Bonchev–Trinajstić information content (AvgIpc) is 2.70. The summed E-state index contributed by atoms with van der Waals surface area (Å²) in [6.07, 6.45) is 2.68. The van der Waals surface area contributed by atoms with Crippen molar-refractivity contribution in [2.75, 3.05) is 6.54 Å². The average molecular weight is 280 g/mol. The molecule has 0 aliphatic rings. The molecule has 0 fully saturated rings. The van der Waals surface area contributed by atoms with Crippen molar-refractivity contribution in [2.45, 2.75) is 13.3 Å². The third kappa shape index (κ3) is 2.18. The molecule has 4 heteroatoms. The number of nitrogens with two attached hydrogens (primary N) is 1. The van der Waals surface area contributed by atoms with Crippen LogP contribution in [-0.2, 0) is 6.42 Å². The van der Waals surface area contributed by atoms with Crippen molar-refractivity contribution in [3.63, 3.8) is 0 Å². The molecule has 0 amide bonds. The Labute approximate surface area is 103 Å². The van der Waals surface area contributed by atoms with Crippen molar-refractivity contribution in [3.8, 4) is 11.1 Å². The number of aromatic amines is 1. The van der Waals surface area contributed by atoms with E-state index in [0.717, 1.165) is 22.2 Å². The number of hydrogen-bond acceptors (Lipinski definition) is 2. The van der Waals surface area contributed by atoms with Crippen LogP contribution in [0.25, 0.3) is 11.1 Å². The first-order valence-electron chi connectivity index (χ1n) is 5.21. The molecule has 0 spiro atoms. The number of aromatic nitrogens is 2. The Balaban J connectivity index is 2.49. The molecule has 1 heterocycles. The highest BCUT2D eigenvalue weighted by atomic mass is 79.9. The van der Waals surface area contributed by atoms with Crippen LogP contribution in [0.5, 0.6) is 0 Å². The van der Waals surface area contributed by atoms with Crippen molar-refractivity contribution < 1.29 is 0 Å². The maximum Gasteiger partial charge on any atom is 0.0568 e. The number of H-pyrrole nitrogens is 1. The molecule has 16 heavy (non-hydrogen) atoms. The number of hydrogen-bond donors (Lipinski definition) is 2. The molecule has 2 rings (SSSR count). The molecule has 0 aliphatic carbocycles. The largest absolute Gasteiger partial charge is 0.330 e. The first kappa shape index (κ1) is 11.4. The lowest BCUT2D eigenvalue weighted by molar-refractivity contribution is 0.902. The van der Waals surface area contributed by atoms with Crippen LogP contribution in [0.2, 0.25) is 0 Å². The van der Waals surface area contributed by atoms with Gasteiger partial charge in [-0.1, -0.05) is 22.0 Å². The van der Waals surface area contributed by atoms with Crippen LogP contribution in [0, 0.1) is 6.92 Å². The smallest absolute Gasteiger partial charge is 0.0568 e. The first-order chi connectivity index (χ1) is 7.72. The fraction of sp³-hybridized carbons (Fsp3) is 0.250. The fourth-order valence-electron chi connectivity index (χ4n) is 1.76. The van der Waals surface area contributed by atoms with E-state index in [1.807, 2.05) is 12.3 Å². The Morgan fingerprint density at radius 3 is 2.94 bits per heavy atom. The second kappa shape index (κ2) is 4.80. The van der Waals surface area contributed by atoms with Gasteiger partial charge in [0.2, 0.25) is 0 Å². The van der Waals surface area contributed by atoms with Gasteiger partial charge < -0.3 is 5.73 Å². The SMILES string of the molecule is Cc1ccc(Br)cc1-c1cn[nH]c1CCN. The molecule has 0 aliphatic heterocycles. The molecule has 2 aromatic rings. The van der Waals surface area contributed by atoms with Gasteiger partial charge in [0.25, 0.3) is 0 Å². The summed E-state index contributed by atoms with van der Waals surface area (Å²) in [7, 11) is 0. The molecule has 3 N–H and O–H groups in total. The Bertz CT molecular complexity index is 491. The van der Waals surface area contributed by atoms with Crippen LogP contribution in [-0.4, -0.2) is 16.7 Å². The van der Waals surface area contributed by atoms with E-state index in [0.29, 0.717) is 6.54 Å². The number of nitrogens with one attached hydrogen (secondary N) is 1. The number of aryl methyl sites for hydroxylation is 1. The summed E-state index contributed by atoms with van der Waals surface area (Å²) in [5, 5.41) is 7.10. The summed E-state index contributed by atoms with van der Waals surface area (Å²) in [5.74, 6) is 0. The zero-order valence-corrected chi connectivity index (χ0v) is 10.7. The molecule has 0 bridgehead atoms. The van der Waals surface area contributed by atoms with Crippen LogP contribution >= 0.6 is 15.9 Å². The van der Waals surface area contributed by atoms with Gasteiger partial charge in [0.1, 0.15) is 0 Å². The van der Waals surface area contributed by atoms with Gasteiger partial charge in [-0.05, 0) is 36.7 Å². The Morgan fingerprint density at radius 2 is 2.19 bits per heavy atom. The zero-order valence-electron chi connectivity index (χ0n) is 9.13. The summed E-state index contributed by atoms with van der Waals surface area (Å²) in [6.45, 7) is 2.73. The quantitative estimate of drug-likeness (QED) is 0.908. The lowest BCUT2D eigenvalue weighted by Gasteiger charge is -2.06. The molecular weight excluding hydrogens is 266 g/mol. The minimum Gasteiger partial charge on any atom is -0.330 e. The third-order valence-corrected chi connectivity index (χ3v) is 3.10. The van der Waals surface area contributed by atoms with E-state index in [9.17, 15) is 0 Å². The normalized spacial score (nSPS) is 10.7. The maximum atomic E-state index is 5.58. The molecule has 1 aromatic heterocycles. The first-order valence-corrected chi connectivity index (χ1v) is 6.00. The van der Waals surface area contributed by atoms with E-state index >= 15 is 0 Å². The molecular formula is C12H14BrN3. The molecule has 3 nitrogen and oxygen atoms in total. The monoisotopic (exact) mass is 279 g/mol. The lowest BCUT2D eigenvalue weighted by Crippen LogP contribution is -2.04. The van der Waals surface area contributed by atoms with Gasteiger partial charge in [0, 0.05) is 22.2 Å². The van der Waals surface area contributed by atoms with Crippen LogP contribution in [0.4, 0.5) is 0 Å². The van der Waals surface area contributed by atoms with Gasteiger partial charge in [0.05, 0.1) is 6.20 Å². The zero-order chi connectivity index (χ0) is 11.5. The molecule has 0 radical (unpaired) electrons. The lowest BCUT2D eigenvalue weighted by atomic mass is 10.0. The van der Waals surface area contributed by atoms with E-state index < -0.39 is 0 Å². The van der Waals surface area contributed by atoms with Crippen LogP contribution in [0.15, 0.2) is 28.9 Å². The topological polar surface area (TPSA) is 54.7 Å². The summed E-state index contributed by atoms with van der Waals surface area (Å²) in [5.41, 5.74) is 10.3. The van der Waals surface area contributed by atoms with Crippen LogP contribution in [0.3, 0.4) is 0 Å². The predicted molar refractivity (Wildman–Crippen MR) is 69.2 cm³/mol. The summed E-state index contributed by atoms with van der Waals surface area (Å²) in [6, 6.07) is 6.25. The molecule has 84 valence electrons. The van der Waals surface area contributed by atoms with E-state index in [-0.39, 0.29) is 0 Å². The molecule has 0 atom stereocenters. The summed E-state index contributed by atoms with van der Waals surface area (Å²) >= 11 is 3.49. The van der Waals surface area contributed by atoms with Gasteiger partial charge >= 0.3 is 0 Å². The molecule has 0 saturated heterocycles. The maximum absolute atomic E-state index is 5.58. The van der Waals surface area contributed by atoms with Crippen molar-refractivity contribution >= 4 is 15.9 Å². The second-order valence-electron chi connectivity index (χ2n) is 3.76. The van der Waals surface area contributed by atoms with E-state index in [1.165, 1.54) is 11.1 Å². The number of nitrogens with zero attached hydrogens (tertiary/aromatic N) is 1. The van der Waals surface area contributed by atoms with Crippen molar-refractivity contribution in [1.82, 2.24) is 10.2 Å². The van der Waals surface area contributed by atoms with Crippen molar-refractivity contribution in [3.05, 3.63) is 40.1 Å². The Hall–Kier alpha value is -1.13. The Morgan fingerprint density at radius 1 is 1.38 bits per heavy atom. The highest BCUT2D eigenvalue weighted by Crippen LogP contribution is 2.28. The number of benzene rings is 1. The van der Waals surface area contributed by atoms with E-state index in [1.54, 1.807) is 0 Å². The fourth-order valence-corrected chi connectivity index (χ4v) is 2.13. The van der Waals surface area contributed by atoms with Gasteiger partial charge in [-0.25, -0.2) is 0 Å². The van der Waals surface area contributed by atoms with Gasteiger partial charge in [0.15, 0.2) is 0 Å². The Kier molecular flexibility index (Phi) is 3.41. The van der Waals surface area contributed by atoms with Crippen LogP contribution < -0.4 is 5.73 Å². The predicted octanol–water partition coefficient (Wildman–Crippen LogP) is 2.65. The van der Waals surface area contributed by atoms with Gasteiger partial charge in [-0.3, -0.25) is 5.10 Å². The highest BCUT2D eigenvalue weighted by Gasteiger charge is 2.09. The minimum atomic E-state index is 0.627. The standard InChI is InChI=1S/C12H14BrN3/c1-8-2-3-9(13)6-10(8)11-7-15-16-12(11)4-5-14/h2-3,6-7H,4-5,14H2,1H3,(H,15,16). The number of halogens is 1. The highest BCUT2D eigenvalue weighted by molar-refractivity contribution is 9.10. The van der Waals surface area contributed by atoms with Crippen molar-refractivity contribution in [1.29, 1.82) is 0 Å². The van der Waals surface area contributed by atoms with Crippen LogP contribution in [0.1, 0.15) is 11.3 Å². The molecule has 0 unspecified atom stereocenters. The van der Waals surface area contributed by atoms with Gasteiger partial charge in [-0.2, -0.15) is 5.10 Å².